The van der Waals surface area contributed by atoms with Crippen molar-refractivity contribution in [1.29, 1.82) is 5.26 Å². The third-order valence-corrected chi connectivity index (χ3v) is 6.39. The molecule has 0 unspecified atom stereocenters. The highest BCUT2D eigenvalue weighted by Gasteiger charge is 2.29. The van der Waals surface area contributed by atoms with Gasteiger partial charge < -0.3 is 20.6 Å². The number of thiophene rings is 1. The molecule has 0 aliphatic carbocycles. The van der Waals surface area contributed by atoms with Gasteiger partial charge in [0.2, 0.25) is 0 Å². The lowest BCUT2D eigenvalue weighted by atomic mass is 10.00. The average molecular weight is 473 g/mol. The van der Waals surface area contributed by atoms with Gasteiger partial charge in [-0.1, -0.05) is 18.2 Å². The summed E-state index contributed by atoms with van der Waals surface area (Å²) in [5.41, 5.74) is 5.72. The molecule has 8 heteroatoms. The molecular formula is C26H24N4O3S. The van der Waals surface area contributed by atoms with E-state index in [4.69, 9.17) is 5.11 Å². The van der Waals surface area contributed by atoms with E-state index in [1.54, 1.807) is 18.2 Å². The number of carbonyl (C=O) groups excluding carboxylic acids is 1. The van der Waals surface area contributed by atoms with Crippen molar-refractivity contribution in [3.05, 3.63) is 81.0 Å². The summed E-state index contributed by atoms with van der Waals surface area (Å²) in [5.74, 6) is -1.10. The molecule has 34 heavy (non-hydrogen) atoms. The zero-order valence-electron chi connectivity index (χ0n) is 18.9. The largest absolute Gasteiger partial charge is 0.481 e. The van der Waals surface area contributed by atoms with Crippen LogP contribution in [0.3, 0.4) is 0 Å². The third kappa shape index (κ3) is 5.17. The number of nitriles is 1. The zero-order valence-corrected chi connectivity index (χ0v) is 19.7. The third-order valence-electron chi connectivity index (χ3n) is 5.39. The van der Waals surface area contributed by atoms with E-state index in [0.29, 0.717) is 34.5 Å². The van der Waals surface area contributed by atoms with Gasteiger partial charge in [0.25, 0.3) is 5.91 Å². The smallest absolute Gasteiger partial charge is 0.303 e. The van der Waals surface area contributed by atoms with Crippen LogP contribution in [0.15, 0.2) is 53.9 Å². The normalized spacial score (nSPS) is 13.9. The Morgan fingerprint density at radius 1 is 1.18 bits per heavy atom. The van der Waals surface area contributed by atoms with Crippen molar-refractivity contribution in [3.8, 4) is 6.07 Å². The summed E-state index contributed by atoms with van der Waals surface area (Å²) in [6.45, 7) is 0.822. The molecule has 0 bridgehead atoms. The summed E-state index contributed by atoms with van der Waals surface area (Å²) in [4.78, 5) is 27.1. The van der Waals surface area contributed by atoms with Crippen LogP contribution >= 0.6 is 11.3 Å². The van der Waals surface area contributed by atoms with E-state index >= 15 is 0 Å². The Labute approximate surface area is 202 Å². The molecule has 1 aliphatic rings. The van der Waals surface area contributed by atoms with Crippen molar-refractivity contribution in [2.24, 2.45) is 0 Å². The first-order valence-corrected chi connectivity index (χ1v) is 11.6. The second-order valence-corrected chi connectivity index (χ2v) is 9.33. The van der Waals surface area contributed by atoms with Gasteiger partial charge in [0.15, 0.2) is 0 Å². The van der Waals surface area contributed by atoms with Gasteiger partial charge >= 0.3 is 5.97 Å². The van der Waals surface area contributed by atoms with Gasteiger partial charge in [-0.2, -0.15) is 5.26 Å². The maximum absolute atomic E-state index is 13.1. The quantitative estimate of drug-likeness (QED) is 0.413. The molecular weight excluding hydrogens is 448 g/mol. The number of amides is 1. The van der Waals surface area contributed by atoms with Crippen molar-refractivity contribution < 1.29 is 14.7 Å². The number of carboxylic acids is 1. The Kier molecular flexibility index (Phi) is 6.77. The van der Waals surface area contributed by atoms with E-state index in [1.807, 2.05) is 49.8 Å². The van der Waals surface area contributed by atoms with Gasteiger partial charge in [-0.15, -0.1) is 11.3 Å². The Morgan fingerprint density at radius 3 is 2.62 bits per heavy atom. The molecule has 4 rings (SSSR count). The molecule has 0 radical (unpaired) electrons. The zero-order chi connectivity index (χ0) is 24.2. The van der Waals surface area contributed by atoms with Crippen LogP contribution < -0.4 is 10.6 Å². The number of benzene rings is 2. The minimum Gasteiger partial charge on any atom is -0.481 e. The summed E-state index contributed by atoms with van der Waals surface area (Å²) in [6.07, 6.45) is 0.475. The fraction of sp³-hybridized carbons (Fsp3) is 0.192. The van der Waals surface area contributed by atoms with Gasteiger partial charge in [0, 0.05) is 33.6 Å². The number of rotatable bonds is 8. The van der Waals surface area contributed by atoms with Crippen LogP contribution in [0.4, 0.5) is 11.4 Å². The number of fused-ring (bicyclic) bond motifs is 1. The Hall–Kier alpha value is -3.93. The summed E-state index contributed by atoms with van der Waals surface area (Å²) in [6, 6.07) is 17.2. The number of anilines is 2. The summed E-state index contributed by atoms with van der Waals surface area (Å²) < 4.78 is 0. The molecule has 172 valence electrons. The fourth-order valence-electron chi connectivity index (χ4n) is 3.85. The van der Waals surface area contributed by atoms with Crippen LogP contribution in [0.2, 0.25) is 0 Å². The predicted molar refractivity (Wildman–Crippen MR) is 134 cm³/mol. The molecule has 0 spiro atoms. The lowest BCUT2D eigenvalue weighted by Gasteiger charge is -2.15. The molecule has 1 aromatic heterocycles. The standard InChI is InChI=1S/C26H24N4O3S/c1-30(2)14-16-3-6-19(7-4-16)28-25(18-12-20(34-15-18)8-10-23(31)32)24-21-9-5-17(13-27)11-22(21)29-26(24)33/h3-7,9,11-12,15,28H,8,10,14H2,1-2H3,(H,29,33)(H,31,32)/b25-24-. The first kappa shape index (κ1) is 23.2. The lowest BCUT2D eigenvalue weighted by Crippen LogP contribution is -2.11. The molecule has 1 amide bonds. The highest BCUT2D eigenvalue weighted by molar-refractivity contribution is 7.10. The molecule has 1 aliphatic heterocycles. The van der Waals surface area contributed by atoms with E-state index in [2.05, 4.69) is 21.6 Å². The van der Waals surface area contributed by atoms with E-state index < -0.39 is 5.97 Å². The number of aliphatic carboxylic acids is 1. The van der Waals surface area contributed by atoms with Crippen LogP contribution in [0.25, 0.3) is 11.3 Å². The Morgan fingerprint density at radius 2 is 1.94 bits per heavy atom. The molecule has 0 atom stereocenters. The van der Waals surface area contributed by atoms with Gasteiger partial charge in [-0.05, 0) is 56.4 Å². The Balaban J connectivity index is 1.76. The molecule has 3 aromatic rings. The number of aryl methyl sites for hydroxylation is 1. The van der Waals surface area contributed by atoms with E-state index in [1.165, 1.54) is 16.9 Å². The van der Waals surface area contributed by atoms with Crippen molar-refractivity contribution in [2.75, 3.05) is 24.7 Å². The number of hydrogen-bond donors (Lipinski definition) is 3. The SMILES string of the molecule is CN(C)Cc1ccc(N/C(=C2\C(=O)Nc3cc(C#N)ccc32)c2csc(CCC(=O)O)c2)cc1. The van der Waals surface area contributed by atoms with Crippen LogP contribution in [-0.4, -0.2) is 36.0 Å². The number of carbonyl (C=O) groups is 2. The van der Waals surface area contributed by atoms with Crippen LogP contribution in [0.1, 0.15) is 33.6 Å². The van der Waals surface area contributed by atoms with Crippen molar-refractivity contribution in [1.82, 2.24) is 4.90 Å². The summed E-state index contributed by atoms with van der Waals surface area (Å²) in [7, 11) is 4.03. The first-order valence-electron chi connectivity index (χ1n) is 10.7. The van der Waals surface area contributed by atoms with Crippen LogP contribution in [-0.2, 0) is 22.6 Å². The highest BCUT2D eigenvalue weighted by atomic mass is 32.1. The summed E-state index contributed by atoms with van der Waals surface area (Å²) in [5, 5.41) is 26.5. The highest BCUT2D eigenvalue weighted by Crippen LogP contribution is 2.39. The molecule has 2 aromatic carbocycles. The predicted octanol–water partition coefficient (Wildman–Crippen LogP) is 4.63. The molecule has 0 saturated carbocycles. The Bertz CT molecular complexity index is 1320. The van der Waals surface area contributed by atoms with Gasteiger partial charge in [0.1, 0.15) is 0 Å². The first-order chi connectivity index (χ1) is 16.3. The van der Waals surface area contributed by atoms with Crippen molar-refractivity contribution >= 4 is 45.9 Å². The minimum absolute atomic E-state index is 0.0485. The van der Waals surface area contributed by atoms with Crippen LogP contribution in [0.5, 0.6) is 0 Å². The lowest BCUT2D eigenvalue weighted by molar-refractivity contribution is -0.136. The van der Waals surface area contributed by atoms with Crippen LogP contribution in [0, 0.1) is 11.3 Å². The molecule has 2 heterocycles. The van der Waals surface area contributed by atoms with Gasteiger partial charge in [-0.3, -0.25) is 9.59 Å². The number of hydrogen-bond acceptors (Lipinski definition) is 6. The maximum atomic E-state index is 13.1. The second-order valence-electron chi connectivity index (χ2n) is 8.33. The molecule has 3 N–H and O–H groups in total. The molecule has 0 saturated heterocycles. The van der Waals surface area contributed by atoms with E-state index in [-0.39, 0.29) is 12.3 Å². The summed E-state index contributed by atoms with van der Waals surface area (Å²) >= 11 is 1.47. The van der Waals surface area contributed by atoms with Crippen molar-refractivity contribution in [3.63, 3.8) is 0 Å². The molecule has 7 nitrogen and oxygen atoms in total. The fourth-order valence-corrected chi connectivity index (χ4v) is 4.72. The van der Waals surface area contributed by atoms with Crippen molar-refractivity contribution in [2.45, 2.75) is 19.4 Å². The van der Waals surface area contributed by atoms with Gasteiger partial charge in [0.05, 0.1) is 35.0 Å². The topological polar surface area (TPSA) is 105 Å². The van der Waals surface area contributed by atoms with E-state index in [0.717, 1.165) is 22.7 Å². The monoisotopic (exact) mass is 472 g/mol. The average Bonchev–Trinajstić information content (AvgIpc) is 3.40. The van der Waals surface area contributed by atoms with Gasteiger partial charge in [-0.25, -0.2) is 0 Å². The number of nitrogens with zero attached hydrogens (tertiary/aromatic N) is 2. The van der Waals surface area contributed by atoms with E-state index in [9.17, 15) is 14.9 Å². The number of nitrogens with one attached hydrogen (secondary N) is 2. The minimum atomic E-state index is -0.845. The maximum Gasteiger partial charge on any atom is 0.303 e. The second kappa shape index (κ2) is 9.91. The molecule has 0 fully saturated rings. The number of carboxylic acid groups (broad SMARTS) is 1.